The van der Waals surface area contributed by atoms with E-state index in [0.29, 0.717) is 32.5 Å². The second kappa shape index (κ2) is 5.24. The summed E-state index contributed by atoms with van der Waals surface area (Å²) in [5.74, 6) is -1.51. The van der Waals surface area contributed by atoms with E-state index in [9.17, 15) is 14.4 Å². The Bertz CT molecular complexity index is 371. The first-order valence-electron chi connectivity index (χ1n) is 6.11. The minimum absolute atomic E-state index is 0.0626. The molecule has 2 saturated heterocycles. The van der Waals surface area contributed by atoms with Crippen molar-refractivity contribution in [2.45, 2.75) is 12.8 Å². The zero-order valence-corrected chi connectivity index (χ0v) is 10.1. The summed E-state index contributed by atoms with van der Waals surface area (Å²) in [5, 5.41) is 11.6. The molecule has 2 N–H and O–H groups in total. The molecule has 2 fully saturated rings. The number of carbonyl (C=O) groups excluding carboxylic acids is 2. The Morgan fingerprint density at radius 1 is 1.28 bits per heavy atom. The Kier molecular flexibility index (Phi) is 3.69. The first-order valence-corrected chi connectivity index (χ1v) is 6.11. The number of amides is 3. The van der Waals surface area contributed by atoms with Crippen molar-refractivity contribution in [1.29, 1.82) is 0 Å². The number of carboxylic acid groups (broad SMARTS) is 1. The van der Waals surface area contributed by atoms with Gasteiger partial charge in [0.1, 0.15) is 6.54 Å². The summed E-state index contributed by atoms with van der Waals surface area (Å²) in [6.07, 6.45) is 1.31. The summed E-state index contributed by atoms with van der Waals surface area (Å²) in [6, 6.07) is -0.226. The number of likely N-dealkylation sites (tertiary alicyclic amines) is 1. The molecule has 0 saturated carbocycles. The van der Waals surface area contributed by atoms with Gasteiger partial charge in [-0.1, -0.05) is 0 Å². The van der Waals surface area contributed by atoms with Crippen molar-refractivity contribution in [2.75, 3.05) is 32.7 Å². The first-order chi connectivity index (χ1) is 8.58. The van der Waals surface area contributed by atoms with Crippen LogP contribution < -0.4 is 5.32 Å². The molecule has 2 aliphatic rings. The first kappa shape index (κ1) is 12.7. The number of aliphatic carboxylic acids is 1. The molecule has 100 valence electrons. The largest absolute Gasteiger partial charge is 0.481 e. The summed E-state index contributed by atoms with van der Waals surface area (Å²) in [4.78, 5) is 37.3. The standard InChI is InChI=1S/C11H17N3O4/c15-9-7-14(5-3-12-9)11(18)13-4-1-2-8(6-13)10(16)17/h8H,1-7H2,(H,12,15)(H,16,17)/t8-/m0/s1. The molecule has 2 rings (SSSR count). The van der Waals surface area contributed by atoms with Crippen molar-refractivity contribution in [2.24, 2.45) is 5.92 Å². The molecule has 7 heteroatoms. The van der Waals surface area contributed by atoms with Gasteiger partial charge < -0.3 is 20.2 Å². The molecule has 0 unspecified atom stereocenters. The quantitative estimate of drug-likeness (QED) is 0.650. The zero-order valence-electron chi connectivity index (χ0n) is 10.1. The van der Waals surface area contributed by atoms with E-state index in [4.69, 9.17) is 5.11 Å². The van der Waals surface area contributed by atoms with E-state index in [0.717, 1.165) is 0 Å². The average molecular weight is 255 g/mol. The highest BCUT2D eigenvalue weighted by atomic mass is 16.4. The van der Waals surface area contributed by atoms with Gasteiger partial charge in [0.25, 0.3) is 0 Å². The fraction of sp³-hybridized carbons (Fsp3) is 0.727. The molecule has 2 heterocycles. The Morgan fingerprint density at radius 3 is 2.72 bits per heavy atom. The number of piperidine rings is 1. The molecule has 18 heavy (non-hydrogen) atoms. The van der Waals surface area contributed by atoms with Gasteiger partial charge in [0.15, 0.2) is 0 Å². The van der Waals surface area contributed by atoms with Gasteiger partial charge in [-0.2, -0.15) is 0 Å². The monoisotopic (exact) mass is 255 g/mol. The third kappa shape index (κ3) is 2.72. The number of nitrogens with zero attached hydrogens (tertiary/aromatic N) is 2. The van der Waals surface area contributed by atoms with Crippen molar-refractivity contribution in [3.63, 3.8) is 0 Å². The highest BCUT2D eigenvalue weighted by Gasteiger charge is 2.31. The fourth-order valence-electron chi connectivity index (χ4n) is 2.35. The maximum absolute atomic E-state index is 12.1. The van der Waals surface area contributed by atoms with Crippen molar-refractivity contribution in [3.05, 3.63) is 0 Å². The number of hydrogen-bond donors (Lipinski definition) is 2. The average Bonchev–Trinajstić information content (AvgIpc) is 2.38. The van der Waals surface area contributed by atoms with E-state index in [-0.39, 0.29) is 25.0 Å². The van der Waals surface area contributed by atoms with Crippen LogP contribution in [0.3, 0.4) is 0 Å². The maximum atomic E-state index is 12.1. The van der Waals surface area contributed by atoms with E-state index in [1.165, 1.54) is 4.90 Å². The molecule has 0 aromatic carbocycles. The van der Waals surface area contributed by atoms with Crippen LogP contribution in [0, 0.1) is 5.92 Å². The van der Waals surface area contributed by atoms with Gasteiger partial charge in [-0.05, 0) is 12.8 Å². The van der Waals surface area contributed by atoms with Gasteiger partial charge in [-0.25, -0.2) is 4.79 Å². The highest BCUT2D eigenvalue weighted by Crippen LogP contribution is 2.18. The summed E-state index contributed by atoms with van der Waals surface area (Å²) in [7, 11) is 0. The maximum Gasteiger partial charge on any atom is 0.320 e. The summed E-state index contributed by atoms with van der Waals surface area (Å²) >= 11 is 0. The molecule has 1 atom stereocenters. The summed E-state index contributed by atoms with van der Waals surface area (Å²) in [5.41, 5.74) is 0. The number of urea groups is 1. The predicted molar refractivity (Wildman–Crippen MR) is 61.9 cm³/mol. The van der Waals surface area contributed by atoms with Crippen LogP contribution in [0.4, 0.5) is 4.79 Å². The van der Waals surface area contributed by atoms with E-state index in [2.05, 4.69) is 5.32 Å². The van der Waals surface area contributed by atoms with Crippen LogP contribution in [0.1, 0.15) is 12.8 Å². The SMILES string of the molecule is O=C1CN(C(=O)N2CCC[C@H](C(=O)O)C2)CCN1. The molecule has 7 nitrogen and oxygen atoms in total. The van der Waals surface area contributed by atoms with Crippen LogP contribution in [-0.2, 0) is 9.59 Å². The van der Waals surface area contributed by atoms with Crippen molar-refractivity contribution in [3.8, 4) is 0 Å². The molecule has 0 radical (unpaired) electrons. The molecule has 2 aliphatic heterocycles. The topological polar surface area (TPSA) is 90.0 Å². The third-order valence-electron chi connectivity index (χ3n) is 3.35. The van der Waals surface area contributed by atoms with E-state index < -0.39 is 11.9 Å². The lowest BCUT2D eigenvalue weighted by Crippen LogP contribution is -2.55. The van der Waals surface area contributed by atoms with Crippen molar-refractivity contribution >= 4 is 17.9 Å². The minimum Gasteiger partial charge on any atom is -0.481 e. The van der Waals surface area contributed by atoms with Gasteiger partial charge >= 0.3 is 12.0 Å². The lowest BCUT2D eigenvalue weighted by molar-refractivity contribution is -0.143. The second-order valence-corrected chi connectivity index (χ2v) is 4.68. The number of carbonyl (C=O) groups is 3. The van der Waals surface area contributed by atoms with Gasteiger partial charge in [-0.3, -0.25) is 9.59 Å². The molecular formula is C11H17N3O4. The van der Waals surface area contributed by atoms with Gasteiger partial charge in [-0.15, -0.1) is 0 Å². The lowest BCUT2D eigenvalue weighted by atomic mass is 9.98. The number of rotatable bonds is 1. The van der Waals surface area contributed by atoms with Gasteiger partial charge in [0.2, 0.25) is 5.91 Å². The molecule has 0 aliphatic carbocycles. The van der Waals surface area contributed by atoms with E-state index >= 15 is 0 Å². The normalized spacial score (nSPS) is 24.7. The predicted octanol–water partition coefficient (Wildman–Crippen LogP) is -0.665. The Hall–Kier alpha value is -1.79. The van der Waals surface area contributed by atoms with Crippen LogP contribution in [0.15, 0.2) is 0 Å². The molecule has 0 aromatic rings. The second-order valence-electron chi connectivity index (χ2n) is 4.68. The van der Waals surface area contributed by atoms with Crippen LogP contribution in [-0.4, -0.2) is 65.5 Å². The summed E-state index contributed by atoms with van der Waals surface area (Å²) in [6.45, 7) is 1.82. The molecular weight excluding hydrogens is 238 g/mol. The van der Waals surface area contributed by atoms with Gasteiger partial charge in [0, 0.05) is 26.2 Å². The van der Waals surface area contributed by atoms with Crippen molar-refractivity contribution in [1.82, 2.24) is 15.1 Å². The van der Waals surface area contributed by atoms with Crippen molar-refractivity contribution < 1.29 is 19.5 Å². The lowest BCUT2D eigenvalue weighted by Gasteiger charge is -2.36. The zero-order chi connectivity index (χ0) is 13.1. The fourth-order valence-corrected chi connectivity index (χ4v) is 2.35. The Morgan fingerprint density at radius 2 is 2.06 bits per heavy atom. The minimum atomic E-state index is -0.858. The number of hydrogen-bond acceptors (Lipinski definition) is 3. The Labute approximate surface area is 105 Å². The van der Waals surface area contributed by atoms with Crippen LogP contribution in [0.25, 0.3) is 0 Å². The highest BCUT2D eigenvalue weighted by molar-refractivity contribution is 5.85. The van der Waals surface area contributed by atoms with Crippen LogP contribution in [0.5, 0.6) is 0 Å². The number of nitrogens with one attached hydrogen (secondary N) is 1. The third-order valence-corrected chi connectivity index (χ3v) is 3.35. The molecule has 0 spiro atoms. The van der Waals surface area contributed by atoms with E-state index in [1.807, 2.05) is 0 Å². The molecule has 0 bridgehead atoms. The molecule has 3 amide bonds. The van der Waals surface area contributed by atoms with Crippen LogP contribution in [0.2, 0.25) is 0 Å². The Balaban J connectivity index is 1.95. The smallest absolute Gasteiger partial charge is 0.320 e. The summed E-state index contributed by atoms with van der Waals surface area (Å²) < 4.78 is 0. The van der Waals surface area contributed by atoms with E-state index in [1.54, 1.807) is 4.90 Å². The number of piperazine rings is 1. The van der Waals surface area contributed by atoms with Crippen LogP contribution >= 0.6 is 0 Å². The molecule has 0 aromatic heterocycles. The number of carboxylic acids is 1. The van der Waals surface area contributed by atoms with Gasteiger partial charge in [0.05, 0.1) is 5.92 Å².